The average molecular weight is 336 g/mol. The second-order valence-electron chi connectivity index (χ2n) is 4.59. The summed E-state index contributed by atoms with van der Waals surface area (Å²) in [5.41, 5.74) is 1.74. The van der Waals surface area contributed by atoms with E-state index in [0.717, 1.165) is 11.3 Å². The number of hydrogen-bond donors (Lipinski definition) is 1. The van der Waals surface area contributed by atoms with Crippen molar-refractivity contribution in [1.82, 2.24) is 0 Å². The second kappa shape index (κ2) is 8.80. The van der Waals surface area contributed by atoms with Crippen LogP contribution in [-0.4, -0.2) is 25.3 Å². The number of nitrogens with zero attached hydrogens (tertiary/aromatic N) is 1. The zero-order chi connectivity index (χ0) is 15.9. The molecule has 0 saturated carbocycles. The molecule has 0 aliphatic heterocycles. The SMILES string of the molecule is COc1ccc(/C=C/c2cccc[n+]2CC(=O)O)cc1OC.[Cl-]. The molecule has 0 amide bonds. The summed E-state index contributed by atoms with van der Waals surface area (Å²) in [7, 11) is 3.18. The van der Waals surface area contributed by atoms with Crippen LogP contribution in [0.1, 0.15) is 11.3 Å². The molecule has 23 heavy (non-hydrogen) atoms. The van der Waals surface area contributed by atoms with Gasteiger partial charge in [-0.1, -0.05) is 6.07 Å². The largest absolute Gasteiger partial charge is 1.00 e. The summed E-state index contributed by atoms with van der Waals surface area (Å²) in [6.45, 7) is -0.0769. The number of halogens is 1. The van der Waals surface area contributed by atoms with E-state index in [9.17, 15) is 4.79 Å². The van der Waals surface area contributed by atoms with Gasteiger partial charge in [0, 0.05) is 18.2 Å². The molecule has 122 valence electrons. The van der Waals surface area contributed by atoms with Crippen molar-refractivity contribution in [3.8, 4) is 11.5 Å². The number of carboxylic acid groups (broad SMARTS) is 1. The lowest BCUT2D eigenvalue weighted by atomic mass is 10.1. The lowest BCUT2D eigenvalue weighted by Gasteiger charge is -2.07. The fourth-order valence-corrected chi connectivity index (χ4v) is 2.07. The van der Waals surface area contributed by atoms with Gasteiger partial charge >= 0.3 is 5.97 Å². The van der Waals surface area contributed by atoms with Crippen LogP contribution in [0.25, 0.3) is 12.2 Å². The van der Waals surface area contributed by atoms with E-state index in [0.29, 0.717) is 11.5 Å². The Morgan fingerprint density at radius 3 is 2.52 bits per heavy atom. The van der Waals surface area contributed by atoms with E-state index in [4.69, 9.17) is 14.6 Å². The molecule has 1 aromatic heterocycles. The monoisotopic (exact) mass is 335 g/mol. The van der Waals surface area contributed by atoms with Gasteiger partial charge in [-0.3, -0.25) is 0 Å². The maximum absolute atomic E-state index is 10.9. The summed E-state index contributed by atoms with van der Waals surface area (Å²) < 4.78 is 12.1. The van der Waals surface area contributed by atoms with Crippen molar-refractivity contribution in [3.05, 3.63) is 53.9 Å². The van der Waals surface area contributed by atoms with Gasteiger partial charge < -0.3 is 27.0 Å². The van der Waals surface area contributed by atoms with Crippen LogP contribution in [0.15, 0.2) is 42.6 Å². The number of carbonyl (C=O) groups is 1. The van der Waals surface area contributed by atoms with Crippen molar-refractivity contribution in [3.63, 3.8) is 0 Å². The maximum atomic E-state index is 10.9. The van der Waals surface area contributed by atoms with Gasteiger partial charge in [-0.25, -0.2) is 4.79 Å². The second-order valence-corrected chi connectivity index (χ2v) is 4.59. The minimum absolute atomic E-state index is 0. The van der Waals surface area contributed by atoms with E-state index in [2.05, 4.69) is 0 Å². The minimum Gasteiger partial charge on any atom is -1.00 e. The molecule has 0 spiro atoms. The predicted molar refractivity (Wildman–Crippen MR) is 82.7 cm³/mol. The maximum Gasteiger partial charge on any atom is 0.370 e. The predicted octanol–water partition coefficient (Wildman–Crippen LogP) is -0.750. The topological polar surface area (TPSA) is 59.6 Å². The Kier molecular flexibility index (Phi) is 7.09. The standard InChI is InChI=1S/C17H17NO4.ClH/c1-21-15-9-7-13(11-16(15)22-2)6-8-14-5-3-4-10-18(14)12-17(19)20;/h3-11H,12H2,1-2H3;1H/b8-6+;. The van der Waals surface area contributed by atoms with Crippen LogP contribution in [-0.2, 0) is 11.3 Å². The first-order valence-electron chi connectivity index (χ1n) is 6.74. The minimum atomic E-state index is -0.878. The van der Waals surface area contributed by atoms with E-state index < -0.39 is 5.97 Å². The van der Waals surface area contributed by atoms with Crippen LogP contribution in [0, 0.1) is 0 Å². The van der Waals surface area contributed by atoms with Crippen LogP contribution in [0.3, 0.4) is 0 Å². The fraction of sp³-hybridized carbons (Fsp3) is 0.176. The first-order valence-corrected chi connectivity index (χ1v) is 6.74. The summed E-state index contributed by atoms with van der Waals surface area (Å²) in [5.74, 6) is 0.438. The van der Waals surface area contributed by atoms with Crippen molar-refractivity contribution in [1.29, 1.82) is 0 Å². The smallest absolute Gasteiger partial charge is 0.370 e. The number of methoxy groups -OCH3 is 2. The molecule has 2 aromatic rings. The third-order valence-electron chi connectivity index (χ3n) is 3.14. The Morgan fingerprint density at radius 2 is 1.87 bits per heavy atom. The summed E-state index contributed by atoms with van der Waals surface area (Å²) in [5, 5.41) is 8.93. The average Bonchev–Trinajstić information content (AvgIpc) is 2.53. The summed E-state index contributed by atoms with van der Waals surface area (Å²) in [6.07, 6.45) is 5.50. The number of aromatic nitrogens is 1. The molecule has 0 fully saturated rings. The normalized spacial score (nSPS) is 10.2. The van der Waals surface area contributed by atoms with Gasteiger partial charge in [0.1, 0.15) is 0 Å². The molecule has 0 bridgehead atoms. The van der Waals surface area contributed by atoms with Gasteiger partial charge in [0.05, 0.1) is 14.2 Å². The molecular formula is C17H18ClNO4. The van der Waals surface area contributed by atoms with Gasteiger partial charge in [-0.15, -0.1) is 0 Å². The molecule has 1 heterocycles. The highest BCUT2D eigenvalue weighted by atomic mass is 35.5. The van der Waals surface area contributed by atoms with Crippen molar-refractivity contribution < 1.29 is 36.3 Å². The zero-order valence-electron chi connectivity index (χ0n) is 12.9. The van der Waals surface area contributed by atoms with E-state index in [1.165, 1.54) is 0 Å². The molecule has 2 rings (SSSR count). The highest BCUT2D eigenvalue weighted by Crippen LogP contribution is 2.28. The van der Waals surface area contributed by atoms with Crippen LogP contribution in [0.4, 0.5) is 0 Å². The van der Waals surface area contributed by atoms with Crippen molar-refractivity contribution in [2.45, 2.75) is 6.54 Å². The summed E-state index contributed by atoms with van der Waals surface area (Å²) in [6, 6.07) is 11.1. The molecule has 0 aliphatic carbocycles. The van der Waals surface area contributed by atoms with Gasteiger partial charge in [0.25, 0.3) is 0 Å². The van der Waals surface area contributed by atoms with E-state index >= 15 is 0 Å². The molecule has 0 radical (unpaired) electrons. The van der Waals surface area contributed by atoms with E-state index in [1.54, 1.807) is 31.0 Å². The molecular weight excluding hydrogens is 318 g/mol. The summed E-state index contributed by atoms with van der Waals surface area (Å²) in [4.78, 5) is 10.9. The number of carboxylic acids is 1. The van der Waals surface area contributed by atoms with Gasteiger partial charge in [-0.2, -0.15) is 4.57 Å². The van der Waals surface area contributed by atoms with Crippen LogP contribution < -0.4 is 26.4 Å². The number of rotatable bonds is 6. The van der Waals surface area contributed by atoms with Gasteiger partial charge in [-0.05, 0) is 29.8 Å². The molecule has 0 saturated heterocycles. The summed E-state index contributed by atoms with van der Waals surface area (Å²) >= 11 is 0. The van der Waals surface area contributed by atoms with Crippen molar-refractivity contribution >= 4 is 18.1 Å². The number of hydrogen-bond acceptors (Lipinski definition) is 3. The molecule has 1 aromatic carbocycles. The Bertz CT molecular complexity index is 701. The Labute approximate surface area is 141 Å². The number of aliphatic carboxylic acids is 1. The Balaban J connectivity index is 0.00000264. The highest BCUT2D eigenvalue weighted by Gasteiger charge is 2.11. The fourth-order valence-electron chi connectivity index (χ4n) is 2.07. The first kappa shape index (κ1) is 18.5. The Morgan fingerprint density at radius 1 is 1.13 bits per heavy atom. The van der Waals surface area contributed by atoms with Crippen LogP contribution in [0.2, 0.25) is 0 Å². The molecule has 5 nitrogen and oxygen atoms in total. The van der Waals surface area contributed by atoms with Crippen molar-refractivity contribution in [2.75, 3.05) is 14.2 Å². The molecule has 0 atom stereocenters. The first-order chi connectivity index (χ1) is 10.6. The van der Waals surface area contributed by atoms with Crippen LogP contribution in [0.5, 0.6) is 11.5 Å². The number of pyridine rings is 1. The highest BCUT2D eigenvalue weighted by molar-refractivity contribution is 5.69. The van der Waals surface area contributed by atoms with Crippen LogP contribution >= 0.6 is 0 Å². The number of benzene rings is 1. The van der Waals surface area contributed by atoms with Gasteiger partial charge in [0.15, 0.2) is 17.7 Å². The molecule has 0 aliphatic rings. The van der Waals surface area contributed by atoms with Gasteiger partial charge in [0.2, 0.25) is 12.2 Å². The quantitative estimate of drug-likeness (QED) is 0.706. The Hall–Kier alpha value is -2.53. The lowest BCUT2D eigenvalue weighted by molar-refractivity contribution is -0.687. The van der Waals surface area contributed by atoms with Crippen molar-refractivity contribution in [2.24, 2.45) is 0 Å². The van der Waals surface area contributed by atoms with E-state index in [-0.39, 0.29) is 19.0 Å². The third kappa shape index (κ3) is 5.00. The molecule has 1 N–H and O–H groups in total. The molecule has 6 heteroatoms. The third-order valence-corrected chi connectivity index (χ3v) is 3.14. The van der Waals surface area contributed by atoms with E-state index in [1.807, 2.05) is 42.5 Å². The lowest BCUT2D eigenvalue weighted by Crippen LogP contribution is -3.00. The molecule has 0 unspecified atom stereocenters. The number of ether oxygens (including phenoxy) is 2. The zero-order valence-corrected chi connectivity index (χ0v) is 13.7.